The van der Waals surface area contributed by atoms with E-state index < -0.39 is 107 Å². The number of carbonyl (C=O) groups excluding carboxylic acids is 4. The molecule has 0 aromatic heterocycles. The Bertz CT molecular complexity index is 3450. The number of likely N-dealkylation sites (N-methyl/N-ethyl adjacent to an activating group) is 3. The Morgan fingerprint density at radius 2 is 0.731 bits per heavy atom. The summed E-state index contributed by atoms with van der Waals surface area (Å²) in [6, 6.07) is 33.5. The molecule has 570 valence electrons. The molecule has 31 heteroatoms. The summed E-state index contributed by atoms with van der Waals surface area (Å²) in [4.78, 5) is 105. The molecule has 6 aromatic carbocycles. The number of phenols is 6. The number of nitrogens with two attached hydrogens (primary N) is 2. The first-order valence-corrected chi connectivity index (χ1v) is 34.8. The number of nitrogens with zero attached hydrogens (tertiary/aromatic N) is 3. The number of ether oxygens (including phenoxy) is 4. The van der Waals surface area contributed by atoms with Gasteiger partial charge in [0.1, 0.15) is 69.4 Å². The van der Waals surface area contributed by atoms with Crippen LogP contribution < -0.4 is 16.8 Å². The molecule has 0 aliphatic carbocycles. The van der Waals surface area contributed by atoms with Gasteiger partial charge < -0.3 is 91.9 Å². The number of hydrogen-bond donors (Lipinski definition) is 14. The molecule has 1 saturated heterocycles. The molecule has 1 heterocycles. The molecule has 1 aliphatic heterocycles. The lowest BCUT2D eigenvalue weighted by Crippen LogP contribution is -2.39. The SMILES string of the molecule is CC(C)(C)OC(=O)N1COC(=O)[C@@H]1c1ccc(O)cc1.CC[SiH](CC)CC.CN(C(=O)OC(C)(C)C)[C@H](C(=O)O)c1ccc(O)cc1.CN(C(=O)OC(C)(C)C)[C@H](C(=O)O)c1ccc(O)cc1.CN[C@H](C(=O)O)c1ccc(O)cc1.N[C@H](C(=O)O)c1ccc(O)cc1.N[C@H](C(=O)O)c1ccc(O)cc1. The zero-order valence-corrected chi connectivity index (χ0v) is 62.1. The number of carboxylic acid groups (broad SMARTS) is 5. The third kappa shape index (κ3) is 33.1. The smallest absolute Gasteiger partial charge is 0.414 e. The van der Waals surface area contributed by atoms with Crippen molar-refractivity contribution < 1.29 is 118 Å². The van der Waals surface area contributed by atoms with Crippen molar-refractivity contribution in [1.29, 1.82) is 0 Å². The topological polar surface area (TPSA) is 487 Å². The molecule has 6 atom stereocenters. The van der Waals surface area contributed by atoms with Crippen molar-refractivity contribution in [3.8, 4) is 34.5 Å². The summed E-state index contributed by atoms with van der Waals surface area (Å²) >= 11 is 0. The van der Waals surface area contributed by atoms with Gasteiger partial charge in [0.25, 0.3) is 0 Å². The normalized spacial score (nSPS) is 13.6. The molecular formula is C73H100N6O24Si. The molecule has 104 heavy (non-hydrogen) atoms. The van der Waals surface area contributed by atoms with E-state index in [9.17, 15) is 68.7 Å². The predicted molar refractivity (Wildman–Crippen MR) is 386 cm³/mol. The second-order valence-electron chi connectivity index (χ2n) is 25.9. The molecule has 0 radical (unpaired) electrons. The van der Waals surface area contributed by atoms with Crippen LogP contribution >= 0.6 is 0 Å². The molecule has 7 rings (SSSR count). The predicted octanol–water partition coefficient (Wildman–Crippen LogP) is 10.9. The van der Waals surface area contributed by atoms with E-state index in [1.165, 1.54) is 158 Å². The largest absolute Gasteiger partial charge is 0.508 e. The van der Waals surface area contributed by atoms with E-state index in [0.29, 0.717) is 33.4 Å². The highest BCUT2D eigenvalue weighted by Crippen LogP contribution is 2.31. The zero-order valence-electron chi connectivity index (χ0n) is 60.9. The Kier molecular flexibility index (Phi) is 37.5. The molecule has 0 spiro atoms. The highest BCUT2D eigenvalue weighted by Gasteiger charge is 2.41. The van der Waals surface area contributed by atoms with Crippen molar-refractivity contribution in [2.75, 3.05) is 27.9 Å². The number of aliphatic carboxylic acids is 5. The number of rotatable bonds is 17. The second-order valence-corrected chi connectivity index (χ2v) is 30.1. The Hall–Kier alpha value is -11.2. The van der Waals surface area contributed by atoms with Crippen molar-refractivity contribution >= 4 is 62.9 Å². The van der Waals surface area contributed by atoms with Gasteiger partial charge in [0.15, 0.2) is 24.9 Å². The van der Waals surface area contributed by atoms with Gasteiger partial charge in [-0.2, -0.15) is 0 Å². The molecule has 30 nitrogen and oxygen atoms in total. The number of benzene rings is 6. The van der Waals surface area contributed by atoms with E-state index in [-0.39, 0.29) is 50.0 Å². The molecule has 6 aromatic rings. The van der Waals surface area contributed by atoms with Crippen molar-refractivity contribution in [2.24, 2.45) is 11.5 Å². The van der Waals surface area contributed by atoms with E-state index in [1.54, 1.807) is 93.6 Å². The summed E-state index contributed by atoms with van der Waals surface area (Å²) in [5, 5.41) is 102. The minimum atomic E-state index is -1.18. The van der Waals surface area contributed by atoms with Crippen LogP contribution in [0.25, 0.3) is 0 Å². The molecule has 0 saturated carbocycles. The van der Waals surface area contributed by atoms with E-state index in [2.05, 4.69) is 26.1 Å². The van der Waals surface area contributed by atoms with Crippen molar-refractivity contribution in [2.45, 2.75) is 154 Å². The third-order valence-corrected chi connectivity index (χ3v) is 17.7. The molecule has 0 bridgehead atoms. The first kappa shape index (κ1) is 90.9. The highest BCUT2D eigenvalue weighted by atomic mass is 28.3. The maximum absolute atomic E-state index is 12.1. The summed E-state index contributed by atoms with van der Waals surface area (Å²) in [6.45, 7) is 22.3. The van der Waals surface area contributed by atoms with Crippen molar-refractivity contribution in [3.05, 3.63) is 179 Å². The maximum Gasteiger partial charge on any atom is 0.414 e. The Morgan fingerprint density at radius 3 is 0.962 bits per heavy atom. The fraction of sp³-hybridized carbons (Fsp3) is 0.384. The summed E-state index contributed by atoms with van der Waals surface area (Å²) in [5.74, 6) is -5.51. The van der Waals surface area contributed by atoms with Crippen LogP contribution in [0.5, 0.6) is 34.5 Å². The number of nitrogens with one attached hydrogen (secondary N) is 1. The lowest BCUT2D eigenvalue weighted by molar-refractivity contribution is -0.143. The van der Waals surface area contributed by atoms with Gasteiger partial charge in [0, 0.05) is 22.9 Å². The number of hydrogen-bond acceptors (Lipinski definition) is 22. The van der Waals surface area contributed by atoms with Gasteiger partial charge in [-0.15, -0.1) is 0 Å². The molecular weight excluding hydrogens is 1370 g/mol. The van der Waals surface area contributed by atoms with Gasteiger partial charge in [0.05, 0.1) is 0 Å². The van der Waals surface area contributed by atoms with Gasteiger partial charge in [-0.3, -0.25) is 29.1 Å². The van der Waals surface area contributed by atoms with Gasteiger partial charge in [-0.05, 0) is 176 Å². The summed E-state index contributed by atoms with van der Waals surface area (Å²) in [5.41, 5.74) is 11.4. The summed E-state index contributed by atoms with van der Waals surface area (Å²) in [7, 11) is 4.13. The van der Waals surface area contributed by atoms with Crippen LogP contribution in [0.2, 0.25) is 18.1 Å². The van der Waals surface area contributed by atoms with Gasteiger partial charge in [0.2, 0.25) is 0 Å². The number of amides is 3. The Balaban J connectivity index is 0.000000620. The number of esters is 1. The second kappa shape index (κ2) is 43.0. The molecule has 3 amide bonds. The average molecular weight is 1470 g/mol. The van der Waals surface area contributed by atoms with Gasteiger partial charge in [-0.1, -0.05) is 112 Å². The van der Waals surface area contributed by atoms with Crippen molar-refractivity contribution in [3.63, 3.8) is 0 Å². The maximum atomic E-state index is 12.1. The number of aromatic hydroxyl groups is 6. The lowest BCUT2D eigenvalue weighted by Gasteiger charge is -2.28. The van der Waals surface area contributed by atoms with E-state index >= 15 is 0 Å². The van der Waals surface area contributed by atoms with Crippen LogP contribution in [0.3, 0.4) is 0 Å². The van der Waals surface area contributed by atoms with Crippen LogP contribution in [0.4, 0.5) is 14.4 Å². The number of phenolic OH excluding ortho intramolecular Hbond substituents is 6. The first-order valence-electron chi connectivity index (χ1n) is 32.4. The fourth-order valence-corrected chi connectivity index (χ4v) is 10.5. The molecule has 16 N–H and O–H groups in total. The third-order valence-electron chi connectivity index (χ3n) is 14.3. The van der Waals surface area contributed by atoms with Crippen LogP contribution in [0, 0.1) is 0 Å². The fourth-order valence-electron chi connectivity index (χ4n) is 8.73. The Labute approximate surface area is 605 Å². The van der Waals surface area contributed by atoms with E-state index in [4.69, 9.17) is 61.1 Å². The molecule has 0 unspecified atom stereocenters. The number of carboxylic acids is 5. The minimum Gasteiger partial charge on any atom is -0.508 e. The zero-order chi connectivity index (χ0) is 79.7. The summed E-state index contributed by atoms with van der Waals surface area (Å²) in [6.07, 6.45) is -2.06. The van der Waals surface area contributed by atoms with Crippen LogP contribution in [-0.2, 0) is 47.7 Å². The van der Waals surface area contributed by atoms with Gasteiger partial charge >= 0.3 is 54.1 Å². The van der Waals surface area contributed by atoms with E-state index in [1.807, 2.05) is 0 Å². The van der Waals surface area contributed by atoms with Crippen LogP contribution in [0.1, 0.15) is 153 Å². The first-order chi connectivity index (χ1) is 48.2. The van der Waals surface area contributed by atoms with Crippen LogP contribution in [0.15, 0.2) is 146 Å². The number of cyclic esters (lactones) is 1. The lowest BCUT2D eigenvalue weighted by atomic mass is 10.1. The standard InChI is InChI=1S/C14H17NO5.2C14H19NO5.C9H11NO3.2C8H9NO3.C6H16Si/c1-14(2,3)20-13(18)15-8-19-12(17)11(15)9-4-6-10(16)7-5-9;2*1-14(2,3)20-13(19)15(4)11(12(17)18)9-5-7-10(16)8-6-9;1-10-8(9(12)13)6-2-4-7(11)5-3-6;2*9-7(8(11)12)5-1-3-6(10)4-2-5;1-4-7(5-2)6-3/h4-7,11,16H,8H2,1-3H3;2*5-8,11,16H,1-4H3,(H,17,18);2-5,8,10-11H,1H3,(H,12,13);2*1-4,7,10H,9H2,(H,11,12);7H,4-6H2,1-3H3/t3*11-;8-;2*7-;/m000000./s1. The molecule has 1 aliphatic rings. The summed E-state index contributed by atoms with van der Waals surface area (Å²) < 4.78 is 20.5. The Morgan fingerprint density at radius 1 is 0.462 bits per heavy atom. The van der Waals surface area contributed by atoms with Crippen molar-refractivity contribution in [1.82, 2.24) is 20.0 Å². The van der Waals surface area contributed by atoms with Crippen LogP contribution in [-0.4, -0.2) is 178 Å². The monoisotopic (exact) mass is 1470 g/mol. The highest BCUT2D eigenvalue weighted by molar-refractivity contribution is 6.58. The average Bonchev–Trinajstić information content (AvgIpc) is 1.70. The quantitative estimate of drug-likeness (QED) is 0.0229. The van der Waals surface area contributed by atoms with Gasteiger partial charge in [-0.25, -0.2) is 28.8 Å². The van der Waals surface area contributed by atoms with E-state index in [0.717, 1.165) is 9.80 Å². The molecule has 1 fully saturated rings. The minimum absolute atomic E-state index is 0.0257. The number of carbonyl (C=O) groups is 9.